The van der Waals surface area contributed by atoms with Crippen LogP contribution in [0.3, 0.4) is 0 Å². The lowest BCUT2D eigenvalue weighted by Crippen LogP contribution is -2.10. The van der Waals surface area contributed by atoms with Crippen molar-refractivity contribution in [3.63, 3.8) is 0 Å². The Morgan fingerprint density at radius 3 is 2.90 bits per heavy atom. The fourth-order valence-electron chi connectivity index (χ4n) is 2.11. The van der Waals surface area contributed by atoms with Crippen LogP contribution in [0.4, 0.5) is 11.6 Å². The van der Waals surface area contributed by atoms with Crippen LogP contribution in [0.25, 0.3) is 5.65 Å². The van der Waals surface area contributed by atoms with Crippen LogP contribution < -0.4 is 10.6 Å². The lowest BCUT2D eigenvalue weighted by molar-refractivity contribution is 0.466. The number of imidazole rings is 1. The van der Waals surface area contributed by atoms with Crippen molar-refractivity contribution in [1.29, 1.82) is 0 Å². The van der Waals surface area contributed by atoms with Gasteiger partial charge in [0.05, 0.1) is 12.2 Å². The second-order valence-electron chi connectivity index (χ2n) is 4.70. The van der Waals surface area contributed by atoms with Crippen LogP contribution in [-0.2, 0) is 0 Å². The maximum Gasteiger partial charge on any atom is 0.180 e. The van der Waals surface area contributed by atoms with Gasteiger partial charge >= 0.3 is 0 Å². The summed E-state index contributed by atoms with van der Waals surface area (Å²) in [6.45, 7) is 3.97. The summed E-state index contributed by atoms with van der Waals surface area (Å²) in [5, 5.41) is 6.39. The fourth-order valence-corrected chi connectivity index (χ4v) is 2.11. The summed E-state index contributed by atoms with van der Waals surface area (Å²) in [4.78, 5) is 8.84. The van der Waals surface area contributed by atoms with Crippen molar-refractivity contribution in [2.24, 2.45) is 0 Å². The molecule has 0 spiro atoms. The first-order chi connectivity index (χ1) is 9.67. The normalized spacial score (nSPS) is 12.6. The minimum atomic E-state index is 0.0174. The molecule has 3 aromatic rings. The topological polar surface area (TPSA) is 67.4 Å². The van der Waals surface area contributed by atoms with Gasteiger partial charge in [0.1, 0.15) is 17.3 Å². The molecule has 3 rings (SSSR count). The predicted octanol–water partition coefficient (Wildman–Crippen LogP) is 2.85. The van der Waals surface area contributed by atoms with Gasteiger partial charge in [0.15, 0.2) is 11.5 Å². The van der Waals surface area contributed by atoms with E-state index in [0.717, 1.165) is 28.8 Å². The number of fused-ring (bicyclic) bond motifs is 1. The van der Waals surface area contributed by atoms with E-state index in [1.807, 2.05) is 49.8 Å². The Bertz CT molecular complexity index is 730. The van der Waals surface area contributed by atoms with Gasteiger partial charge in [-0.15, -0.1) is 0 Å². The molecule has 2 N–H and O–H groups in total. The lowest BCUT2D eigenvalue weighted by Gasteiger charge is -2.14. The molecule has 6 nitrogen and oxygen atoms in total. The molecule has 0 saturated carbocycles. The second-order valence-corrected chi connectivity index (χ2v) is 4.70. The molecule has 0 aliphatic heterocycles. The highest BCUT2D eigenvalue weighted by molar-refractivity contribution is 5.65. The van der Waals surface area contributed by atoms with Crippen LogP contribution in [0.5, 0.6) is 0 Å². The van der Waals surface area contributed by atoms with Crippen LogP contribution >= 0.6 is 0 Å². The van der Waals surface area contributed by atoms with E-state index in [1.54, 1.807) is 6.20 Å². The quantitative estimate of drug-likeness (QED) is 0.763. The lowest BCUT2D eigenvalue weighted by atomic mass is 10.2. The van der Waals surface area contributed by atoms with E-state index in [9.17, 15) is 0 Å². The van der Waals surface area contributed by atoms with Crippen molar-refractivity contribution in [1.82, 2.24) is 14.4 Å². The number of aromatic nitrogens is 3. The highest BCUT2D eigenvalue weighted by atomic mass is 16.3. The molecule has 0 aliphatic rings. The van der Waals surface area contributed by atoms with E-state index in [2.05, 4.69) is 20.6 Å². The van der Waals surface area contributed by atoms with Crippen molar-refractivity contribution >= 4 is 17.3 Å². The van der Waals surface area contributed by atoms with E-state index in [0.29, 0.717) is 0 Å². The number of nitrogens with zero attached hydrogens (tertiary/aromatic N) is 3. The Morgan fingerprint density at radius 1 is 1.35 bits per heavy atom. The molecule has 0 aliphatic carbocycles. The van der Waals surface area contributed by atoms with E-state index in [1.165, 1.54) is 0 Å². The van der Waals surface area contributed by atoms with E-state index < -0.39 is 0 Å². The van der Waals surface area contributed by atoms with E-state index in [-0.39, 0.29) is 6.04 Å². The summed E-state index contributed by atoms with van der Waals surface area (Å²) in [5.74, 6) is 3.28. The van der Waals surface area contributed by atoms with Crippen LogP contribution in [0, 0.1) is 6.92 Å². The Kier molecular flexibility index (Phi) is 3.06. The summed E-state index contributed by atoms with van der Waals surface area (Å²) >= 11 is 0. The summed E-state index contributed by atoms with van der Waals surface area (Å²) in [6.07, 6.45) is 5.54. The maximum atomic E-state index is 5.63. The van der Waals surface area contributed by atoms with Gasteiger partial charge in [-0.2, -0.15) is 0 Å². The first-order valence-electron chi connectivity index (χ1n) is 6.51. The molecule has 0 saturated heterocycles. The molecule has 104 valence electrons. The molecule has 1 unspecified atom stereocenters. The van der Waals surface area contributed by atoms with Gasteiger partial charge in [0.25, 0.3) is 0 Å². The Hall–Kier alpha value is -2.50. The van der Waals surface area contributed by atoms with Crippen molar-refractivity contribution in [2.75, 3.05) is 17.7 Å². The second kappa shape index (κ2) is 4.88. The number of nitrogens with one attached hydrogen (secondary N) is 2. The summed E-state index contributed by atoms with van der Waals surface area (Å²) in [7, 11) is 1.84. The minimum absolute atomic E-state index is 0.0174. The monoisotopic (exact) mass is 271 g/mol. The van der Waals surface area contributed by atoms with E-state index >= 15 is 0 Å². The summed E-state index contributed by atoms with van der Waals surface area (Å²) < 4.78 is 7.57. The third-order valence-corrected chi connectivity index (χ3v) is 3.17. The van der Waals surface area contributed by atoms with Gasteiger partial charge in [0.2, 0.25) is 0 Å². The SMILES string of the molecule is CNc1cn2ccnc2c(NC(C)c2ccc(C)o2)n1. The smallest absolute Gasteiger partial charge is 0.180 e. The molecule has 1 atom stereocenters. The van der Waals surface area contributed by atoms with Gasteiger partial charge in [-0.25, -0.2) is 9.97 Å². The molecular weight excluding hydrogens is 254 g/mol. The summed E-state index contributed by atoms with van der Waals surface area (Å²) in [6, 6.07) is 3.94. The molecule has 20 heavy (non-hydrogen) atoms. The number of hydrogen-bond acceptors (Lipinski definition) is 5. The van der Waals surface area contributed by atoms with Crippen molar-refractivity contribution in [2.45, 2.75) is 19.9 Å². The minimum Gasteiger partial charge on any atom is -0.464 e. The molecular formula is C14H17N5O. The average molecular weight is 271 g/mol. The molecule has 3 heterocycles. The van der Waals surface area contributed by atoms with Crippen LogP contribution in [0.2, 0.25) is 0 Å². The predicted molar refractivity (Wildman–Crippen MR) is 78.0 cm³/mol. The number of furan rings is 1. The van der Waals surface area contributed by atoms with Crippen LogP contribution in [0.1, 0.15) is 24.5 Å². The zero-order chi connectivity index (χ0) is 14.1. The first kappa shape index (κ1) is 12.5. The average Bonchev–Trinajstić information content (AvgIpc) is 3.06. The zero-order valence-corrected chi connectivity index (χ0v) is 11.7. The van der Waals surface area contributed by atoms with Crippen LogP contribution in [-0.4, -0.2) is 21.4 Å². The Morgan fingerprint density at radius 2 is 2.20 bits per heavy atom. The fraction of sp³-hybridized carbons (Fsp3) is 0.286. The van der Waals surface area contributed by atoms with Gasteiger partial charge in [-0.1, -0.05) is 0 Å². The third kappa shape index (κ3) is 2.20. The number of anilines is 2. The van der Waals surface area contributed by atoms with Crippen molar-refractivity contribution in [3.8, 4) is 0 Å². The molecule has 3 aromatic heterocycles. The first-order valence-corrected chi connectivity index (χ1v) is 6.51. The number of hydrogen-bond donors (Lipinski definition) is 2. The standard InChI is InChI=1S/C14H17N5O/c1-9-4-5-11(20-9)10(2)17-13-14-16-6-7-19(14)8-12(15-3)18-13/h4-8,10,15H,1-3H3,(H,17,18). The van der Waals surface area contributed by atoms with Gasteiger partial charge in [0, 0.05) is 19.4 Å². The summed E-state index contributed by atoms with van der Waals surface area (Å²) in [5.41, 5.74) is 0.791. The number of rotatable bonds is 4. The molecule has 0 aromatic carbocycles. The van der Waals surface area contributed by atoms with Crippen molar-refractivity contribution < 1.29 is 4.42 Å². The number of aryl methyl sites for hydroxylation is 1. The Balaban J connectivity index is 1.95. The molecule has 0 bridgehead atoms. The highest BCUT2D eigenvalue weighted by Gasteiger charge is 2.13. The zero-order valence-electron chi connectivity index (χ0n) is 11.7. The molecule has 0 amide bonds. The van der Waals surface area contributed by atoms with Crippen LogP contribution in [0.15, 0.2) is 35.1 Å². The molecule has 6 heteroatoms. The molecule has 0 fully saturated rings. The van der Waals surface area contributed by atoms with Gasteiger partial charge in [-0.05, 0) is 26.0 Å². The van der Waals surface area contributed by atoms with E-state index in [4.69, 9.17) is 4.42 Å². The largest absolute Gasteiger partial charge is 0.464 e. The van der Waals surface area contributed by atoms with Gasteiger partial charge in [-0.3, -0.25) is 0 Å². The molecule has 0 radical (unpaired) electrons. The third-order valence-electron chi connectivity index (χ3n) is 3.17. The van der Waals surface area contributed by atoms with Gasteiger partial charge < -0.3 is 19.5 Å². The Labute approximate surface area is 116 Å². The maximum absolute atomic E-state index is 5.63. The van der Waals surface area contributed by atoms with Crippen molar-refractivity contribution in [3.05, 3.63) is 42.2 Å². The highest BCUT2D eigenvalue weighted by Crippen LogP contribution is 2.23.